The molecular formula is C8H13NO3. The molecule has 0 bridgehead atoms. The highest BCUT2D eigenvalue weighted by atomic mass is 16.6. The second-order valence-corrected chi connectivity index (χ2v) is 2.21. The van der Waals surface area contributed by atoms with E-state index >= 15 is 0 Å². The Hall–Kier alpha value is -1.32. The van der Waals surface area contributed by atoms with E-state index in [4.69, 9.17) is 0 Å². The van der Waals surface area contributed by atoms with Crippen molar-refractivity contribution in [2.75, 3.05) is 14.2 Å². The van der Waals surface area contributed by atoms with Gasteiger partial charge in [-0.05, 0) is 19.4 Å². The largest absolute Gasteiger partial charge is 0.466 e. The summed E-state index contributed by atoms with van der Waals surface area (Å²) in [6.07, 6.45) is 1.36. The molecule has 0 spiro atoms. The van der Waals surface area contributed by atoms with Crippen molar-refractivity contribution in [3.05, 3.63) is 11.6 Å². The Morgan fingerprint density at radius 3 is 2.33 bits per heavy atom. The molecule has 0 amide bonds. The average molecular weight is 171 g/mol. The summed E-state index contributed by atoms with van der Waals surface area (Å²) >= 11 is 0. The van der Waals surface area contributed by atoms with Gasteiger partial charge in [0.05, 0.1) is 12.8 Å². The summed E-state index contributed by atoms with van der Waals surface area (Å²) in [6.45, 7) is 3.51. The van der Waals surface area contributed by atoms with Crippen LogP contribution in [-0.4, -0.2) is 25.9 Å². The molecule has 68 valence electrons. The second-order valence-electron chi connectivity index (χ2n) is 2.21. The lowest BCUT2D eigenvalue weighted by Gasteiger charge is -1.98. The van der Waals surface area contributed by atoms with Crippen LogP contribution in [0.3, 0.4) is 0 Å². The molecule has 0 saturated carbocycles. The summed E-state index contributed by atoms with van der Waals surface area (Å²) in [5, 5.41) is 3.65. The van der Waals surface area contributed by atoms with Crippen molar-refractivity contribution in [2.24, 2.45) is 5.16 Å². The Labute approximate surface area is 71.8 Å². The van der Waals surface area contributed by atoms with E-state index < -0.39 is 5.97 Å². The molecule has 0 aromatic carbocycles. The predicted molar refractivity (Wildman–Crippen MR) is 45.9 cm³/mol. The normalized spacial score (nSPS) is 12.7. The average Bonchev–Trinajstić information content (AvgIpc) is 2.04. The zero-order valence-corrected chi connectivity index (χ0v) is 7.75. The van der Waals surface area contributed by atoms with Crippen LogP contribution in [-0.2, 0) is 14.4 Å². The van der Waals surface area contributed by atoms with Gasteiger partial charge in [-0.1, -0.05) is 5.16 Å². The van der Waals surface area contributed by atoms with Gasteiger partial charge in [0.25, 0.3) is 0 Å². The van der Waals surface area contributed by atoms with E-state index in [1.807, 2.05) is 0 Å². The third-order valence-corrected chi connectivity index (χ3v) is 1.33. The van der Waals surface area contributed by atoms with Gasteiger partial charge < -0.3 is 9.57 Å². The van der Waals surface area contributed by atoms with E-state index in [9.17, 15) is 4.79 Å². The number of rotatable bonds is 3. The van der Waals surface area contributed by atoms with Gasteiger partial charge >= 0.3 is 5.97 Å². The third kappa shape index (κ3) is 3.75. The molecule has 0 saturated heterocycles. The fourth-order valence-electron chi connectivity index (χ4n) is 0.549. The Bertz CT molecular complexity index is 218. The topological polar surface area (TPSA) is 47.9 Å². The van der Waals surface area contributed by atoms with Gasteiger partial charge in [-0.3, -0.25) is 0 Å². The molecule has 0 aliphatic carbocycles. The van der Waals surface area contributed by atoms with Crippen LogP contribution in [0.5, 0.6) is 0 Å². The van der Waals surface area contributed by atoms with Crippen LogP contribution >= 0.6 is 0 Å². The minimum atomic E-state index is -0.391. The molecule has 0 rings (SSSR count). The molecule has 4 nitrogen and oxygen atoms in total. The smallest absolute Gasteiger partial charge is 0.330 e. The summed E-state index contributed by atoms with van der Waals surface area (Å²) in [5.74, 6) is -0.391. The lowest BCUT2D eigenvalue weighted by atomic mass is 10.2. The summed E-state index contributed by atoms with van der Waals surface area (Å²) in [4.78, 5) is 15.3. The number of oxime groups is 1. The van der Waals surface area contributed by atoms with E-state index in [2.05, 4.69) is 14.7 Å². The minimum Gasteiger partial charge on any atom is -0.466 e. The fraction of sp³-hybridized carbons (Fsp3) is 0.500. The lowest BCUT2D eigenvalue weighted by molar-refractivity contribution is -0.134. The summed E-state index contributed by atoms with van der Waals surface area (Å²) in [5.41, 5.74) is 1.38. The Morgan fingerprint density at radius 1 is 1.33 bits per heavy atom. The van der Waals surface area contributed by atoms with E-state index in [0.29, 0.717) is 5.71 Å². The van der Waals surface area contributed by atoms with Crippen LogP contribution in [0.2, 0.25) is 0 Å². The van der Waals surface area contributed by atoms with Crippen molar-refractivity contribution in [1.82, 2.24) is 0 Å². The quantitative estimate of drug-likeness (QED) is 0.277. The molecule has 0 atom stereocenters. The van der Waals surface area contributed by atoms with Crippen LogP contribution in [0.4, 0.5) is 0 Å². The Morgan fingerprint density at radius 2 is 1.92 bits per heavy atom. The molecule has 0 radical (unpaired) electrons. The zero-order valence-electron chi connectivity index (χ0n) is 7.75. The SMILES string of the molecule is CON=C(C)C(C)=CC(=O)OC. The number of methoxy groups -OCH3 is 1. The van der Waals surface area contributed by atoms with E-state index in [0.717, 1.165) is 5.57 Å². The molecule has 0 aromatic rings. The molecule has 4 heteroatoms. The Balaban J connectivity index is 4.37. The maximum absolute atomic E-state index is 10.7. The van der Waals surface area contributed by atoms with Crippen LogP contribution in [0.1, 0.15) is 13.8 Å². The molecule has 12 heavy (non-hydrogen) atoms. The first-order valence-electron chi connectivity index (χ1n) is 3.46. The Kier molecular flexibility index (Phi) is 4.76. The first-order valence-corrected chi connectivity index (χ1v) is 3.46. The van der Waals surface area contributed by atoms with Gasteiger partial charge in [-0.25, -0.2) is 4.79 Å². The number of carbonyl (C=O) groups is 1. The van der Waals surface area contributed by atoms with Crippen molar-refractivity contribution in [3.63, 3.8) is 0 Å². The lowest BCUT2D eigenvalue weighted by Crippen LogP contribution is -2.01. The summed E-state index contributed by atoms with van der Waals surface area (Å²) < 4.78 is 4.44. The fourth-order valence-corrected chi connectivity index (χ4v) is 0.549. The number of esters is 1. The number of hydrogen-bond donors (Lipinski definition) is 0. The van der Waals surface area contributed by atoms with Crippen LogP contribution < -0.4 is 0 Å². The number of hydrogen-bond acceptors (Lipinski definition) is 4. The molecule has 0 fully saturated rings. The van der Waals surface area contributed by atoms with Gasteiger partial charge in [-0.15, -0.1) is 0 Å². The van der Waals surface area contributed by atoms with Gasteiger partial charge in [0, 0.05) is 6.08 Å². The summed E-state index contributed by atoms with van der Waals surface area (Å²) in [7, 11) is 2.78. The highest BCUT2D eigenvalue weighted by Gasteiger charge is 1.99. The number of carbonyl (C=O) groups excluding carboxylic acids is 1. The molecular weight excluding hydrogens is 158 g/mol. The maximum atomic E-state index is 10.7. The highest BCUT2D eigenvalue weighted by Crippen LogP contribution is 1.97. The number of nitrogens with zero attached hydrogens (tertiary/aromatic N) is 1. The molecule has 0 N–H and O–H groups in total. The highest BCUT2D eigenvalue weighted by molar-refractivity contribution is 6.01. The van der Waals surface area contributed by atoms with Crippen molar-refractivity contribution >= 4 is 11.7 Å². The monoisotopic (exact) mass is 171 g/mol. The third-order valence-electron chi connectivity index (χ3n) is 1.33. The first kappa shape index (κ1) is 10.7. The molecule has 0 aliphatic rings. The molecule has 0 aromatic heterocycles. The molecule has 0 aliphatic heterocycles. The number of allylic oxidation sites excluding steroid dienone is 1. The van der Waals surface area contributed by atoms with Crippen LogP contribution in [0.25, 0.3) is 0 Å². The van der Waals surface area contributed by atoms with Gasteiger partial charge in [0.2, 0.25) is 0 Å². The van der Waals surface area contributed by atoms with Gasteiger partial charge in [0.15, 0.2) is 0 Å². The van der Waals surface area contributed by atoms with Crippen LogP contribution in [0, 0.1) is 0 Å². The minimum absolute atomic E-state index is 0.391. The summed E-state index contributed by atoms with van der Waals surface area (Å²) in [6, 6.07) is 0. The molecule has 0 heterocycles. The standard InChI is InChI=1S/C8H13NO3/c1-6(5-8(10)11-3)7(2)9-12-4/h5H,1-4H3. The van der Waals surface area contributed by atoms with E-state index in [1.165, 1.54) is 20.3 Å². The van der Waals surface area contributed by atoms with E-state index in [1.54, 1.807) is 13.8 Å². The first-order chi connectivity index (χ1) is 5.61. The molecule has 0 unspecified atom stereocenters. The van der Waals surface area contributed by atoms with Crippen molar-refractivity contribution < 1.29 is 14.4 Å². The van der Waals surface area contributed by atoms with Crippen molar-refractivity contribution in [1.29, 1.82) is 0 Å². The zero-order chi connectivity index (χ0) is 9.56. The second kappa shape index (κ2) is 5.35. The van der Waals surface area contributed by atoms with Gasteiger partial charge in [0.1, 0.15) is 7.11 Å². The predicted octanol–water partition coefficient (Wildman–Crippen LogP) is 1.13. The van der Waals surface area contributed by atoms with Crippen molar-refractivity contribution in [2.45, 2.75) is 13.8 Å². The number of ether oxygens (including phenoxy) is 1. The van der Waals surface area contributed by atoms with Crippen molar-refractivity contribution in [3.8, 4) is 0 Å². The van der Waals surface area contributed by atoms with E-state index in [-0.39, 0.29) is 0 Å². The van der Waals surface area contributed by atoms with Crippen LogP contribution in [0.15, 0.2) is 16.8 Å². The van der Waals surface area contributed by atoms with Gasteiger partial charge in [-0.2, -0.15) is 0 Å². The maximum Gasteiger partial charge on any atom is 0.330 e.